The lowest BCUT2D eigenvalue weighted by atomic mass is 9.94. The standard InChI is InChI=1S/C12H16ClFN2/c13-10-1-3-11(4-2-10)16-9-12(14)5-7-15-8-6-12/h1-4,15-16H,5-9H2. The van der Waals surface area contributed by atoms with Gasteiger partial charge in [-0.15, -0.1) is 0 Å². The van der Waals surface area contributed by atoms with Crippen molar-refractivity contribution in [1.82, 2.24) is 5.32 Å². The van der Waals surface area contributed by atoms with Crippen LogP contribution >= 0.6 is 11.6 Å². The molecule has 0 bridgehead atoms. The van der Waals surface area contributed by atoms with Crippen LogP contribution in [0.2, 0.25) is 5.02 Å². The molecule has 2 rings (SSSR count). The van der Waals surface area contributed by atoms with E-state index in [4.69, 9.17) is 11.6 Å². The average molecular weight is 243 g/mol. The molecule has 0 aromatic heterocycles. The van der Waals surface area contributed by atoms with E-state index in [0.29, 0.717) is 24.4 Å². The van der Waals surface area contributed by atoms with Crippen LogP contribution in [0.3, 0.4) is 0 Å². The molecular weight excluding hydrogens is 227 g/mol. The Morgan fingerprint density at radius 1 is 1.25 bits per heavy atom. The lowest BCUT2D eigenvalue weighted by molar-refractivity contribution is 0.131. The number of benzene rings is 1. The summed E-state index contributed by atoms with van der Waals surface area (Å²) in [6.07, 6.45) is 1.15. The maximum atomic E-state index is 14.2. The van der Waals surface area contributed by atoms with Crippen LogP contribution in [0.1, 0.15) is 12.8 Å². The van der Waals surface area contributed by atoms with Crippen molar-refractivity contribution in [1.29, 1.82) is 0 Å². The van der Waals surface area contributed by atoms with Gasteiger partial charge in [-0.2, -0.15) is 0 Å². The van der Waals surface area contributed by atoms with Crippen LogP contribution in [0.4, 0.5) is 10.1 Å². The van der Waals surface area contributed by atoms with Crippen LogP contribution in [0, 0.1) is 0 Å². The first-order valence-electron chi connectivity index (χ1n) is 5.57. The van der Waals surface area contributed by atoms with Crippen molar-refractivity contribution in [2.45, 2.75) is 18.5 Å². The Hall–Kier alpha value is -0.800. The maximum absolute atomic E-state index is 14.2. The molecule has 0 spiro atoms. The van der Waals surface area contributed by atoms with E-state index in [1.54, 1.807) is 12.1 Å². The van der Waals surface area contributed by atoms with E-state index in [-0.39, 0.29) is 0 Å². The van der Waals surface area contributed by atoms with Gasteiger partial charge in [-0.1, -0.05) is 11.6 Å². The van der Waals surface area contributed by atoms with Crippen molar-refractivity contribution in [3.05, 3.63) is 29.3 Å². The van der Waals surface area contributed by atoms with Gasteiger partial charge in [0.15, 0.2) is 0 Å². The number of hydrogen-bond donors (Lipinski definition) is 2. The van der Waals surface area contributed by atoms with Crippen molar-refractivity contribution >= 4 is 17.3 Å². The van der Waals surface area contributed by atoms with Gasteiger partial charge in [0.25, 0.3) is 0 Å². The summed E-state index contributed by atoms with van der Waals surface area (Å²) in [5, 5.41) is 6.98. The number of anilines is 1. The fourth-order valence-corrected chi connectivity index (χ4v) is 2.01. The fourth-order valence-electron chi connectivity index (χ4n) is 1.88. The van der Waals surface area contributed by atoms with Crippen molar-refractivity contribution in [3.63, 3.8) is 0 Å². The zero-order valence-corrected chi connectivity index (χ0v) is 9.86. The van der Waals surface area contributed by atoms with Gasteiger partial charge in [-0.05, 0) is 50.2 Å². The summed E-state index contributed by atoms with van der Waals surface area (Å²) in [6, 6.07) is 7.34. The Balaban J connectivity index is 1.88. The summed E-state index contributed by atoms with van der Waals surface area (Å²) in [7, 11) is 0. The van der Waals surface area contributed by atoms with Gasteiger partial charge in [0.1, 0.15) is 5.67 Å². The zero-order chi connectivity index (χ0) is 11.4. The molecule has 1 aromatic carbocycles. The predicted octanol–water partition coefficient (Wildman–Crippen LogP) is 2.84. The smallest absolute Gasteiger partial charge is 0.130 e. The predicted molar refractivity (Wildman–Crippen MR) is 65.9 cm³/mol. The summed E-state index contributed by atoms with van der Waals surface area (Å²) in [5.74, 6) is 0. The van der Waals surface area contributed by atoms with Crippen LogP contribution in [0.5, 0.6) is 0 Å². The molecule has 0 unspecified atom stereocenters. The molecule has 2 nitrogen and oxygen atoms in total. The molecule has 1 fully saturated rings. The summed E-state index contributed by atoms with van der Waals surface area (Å²) in [4.78, 5) is 0. The van der Waals surface area contributed by atoms with E-state index >= 15 is 0 Å². The first-order chi connectivity index (χ1) is 7.68. The Labute approximate surface area is 100 Å². The van der Waals surface area contributed by atoms with E-state index in [0.717, 1.165) is 18.8 Å². The monoisotopic (exact) mass is 242 g/mol. The molecule has 0 aliphatic carbocycles. The largest absolute Gasteiger partial charge is 0.382 e. The van der Waals surface area contributed by atoms with E-state index in [2.05, 4.69) is 10.6 Å². The molecule has 16 heavy (non-hydrogen) atoms. The van der Waals surface area contributed by atoms with Crippen molar-refractivity contribution in [2.24, 2.45) is 0 Å². The van der Waals surface area contributed by atoms with Gasteiger partial charge in [-0.25, -0.2) is 4.39 Å². The molecule has 1 aliphatic heterocycles. The average Bonchev–Trinajstić information content (AvgIpc) is 2.29. The molecule has 1 saturated heterocycles. The Morgan fingerprint density at radius 3 is 2.50 bits per heavy atom. The van der Waals surface area contributed by atoms with Gasteiger partial charge in [0.2, 0.25) is 0 Å². The molecule has 1 aromatic rings. The van der Waals surface area contributed by atoms with E-state index in [9.17, 15) is 4.39 Å². The maximum Gasteiger partial charge on any atom is 0.130 e. The topological polar surface area (TPSA) is 24.1 Å². The summed E-state index contributed by atoms with van der Waals surface area (Å²) in [6.45, 7) is 1.90. The highest BCUT2D eigenvalue weighted by Crippen LogP contribution is 2.24. The van der Waals surface area contributed by atoms with Gasteiger partial charge < -0.3 is 10.6 Å². The van der Waals surface area contributed by atoms with Gasteiger partial charge >= 0.3 is 0 Å². The molecule has 0 atom stereocenters. The number of rotatable bonds is 3. The summed E-state index contributed by atoms with van der Waals surface area (Å²) < 4.78 is 14.2. The van der Waals surface area contributed by atoms with E-state index in [1.165, 1.54) is 0 Å². The van der Waals surface area contributed by atoms with Crippen LogP contribution in [0.15, 0.2) is 24.3 Å². The minimum absolute atomic E-state index is 0.371. The lowest BCUT2D eigenvalue weighted by Gasteiger charge is -2.30. The number of halogens is 2. The van der Waals surface area contributed by atoms with Crippen molar-refractivity contribution in [2.75, 3.05) is 25.0 Å². The Bertz CT molecular complexity index is 333. The van der Waals surface area contributed by atoms with Crippen LogP contribution < -0.4 is 10.6 Å². The second kappa shape index (κ2) is 5.02. The SMILES string of the molecule is FC1(CNc2ccc(Cl)cc2)CCNCC1. The molecule has 0 saturated carbocycles. The van der Waals surface area contributed by atoms with Crippen molar-refractivity contribution in [3.8, 4) is 0 Å². The second-order valence-corrected chi connectivity index (χ2v) is 4.70. The molecule has 1 aliphatic rings. The highest BCUT2D eigenvalue weighted by molar-refractivity contribution is 6.30. The lowest BCUT2D eigenvalue weighted by Crippen LogP contribution is -2.43. The fraction of sp³-hybridized carbons (Fsp3) is 0.500. The van der Waals surface area contributed by atoms with E-state index < -0.39 is 5.67 Å². The van der Waals surface area contributed by atoms with Gasteiger partial charge in [-0.3, -0.25) is 0 Å². The molecular formula is C12H16ClFN2. The normalized spacial score (nSPS) is 19.4. The van der Waals surface area contributed by atoms with Gasteiger partial charge in [0, 0.05) is 17.3 Å². The first-order valence-corrected chi connectivity index (χ1v) is 5.95. The third-order valence-corrected chi connectivity index (χ3v) is 3.21. The van der Waals surface area contributed by atoms with Crippen LogP contribution in [-0.4, -0.2) is 25.3 Å². The number of nitrogens with one attached hydrogen (secondary N) is 2. The minimum Gasteiger partial charge on any atom is -0.382 e. The summed E-state index contributed by atoms with van der Waals surface area (Å²) in [5.41, 5.74) is -0.162. The zero-order valence-electron chi connectivity index (χ0n) is 9.10. The quantitative estimate of drug-likeness (QED) is 0.852. The second-order valence-electron chi connectivity index (χ2n) is 4.26. The van der Waals surface area contributed by atoms with E-state index in [1.807, 2.05) is 12.1 Å². The number of piperidine rings is 1. The molecule has 0 amide bonds. The Kier molecular flexibility index (Phi) is 3.66. The molecule has 0 radical (unpaired) electrons. The number of alkyl halides is 1. The summed E-state index contributed by atoms with van der Waals surface area (Å²) >= 11 is 5.78. The molecule has 88 valence electrons. The highest BCUT2D eigenvalue weighted by atomic mass is 35.5. The van der Waals surface area contributed by atoms with Gasteiger partial charge in [0.05, 0.1) is 0 Å². The number of hydrogen-bond acceptors (Lipinski definition) is 2. The third-order valence-electron chi connectivity index (χ3n) is 2.95. The minimum atomic E-state index is -1.08. The third kappa shape index (κ3) is 3.09. The van der Waals surface area contributed by atoms with Crippen LogP contribution in [-0.2, 0) is 0 Å². The molecule has 4 heteroatoms. The first kappa shape index (κ1) is 11.7. The van der Waals surface area contributed by atoms with Crippen molar-refractivity contribution < 1.29 is 4.39 Å². The van der Waals surface area contributed by atoms with Crippen LogP contribution in [0.25, 0.3) is 0 Å². The molecule has 1 heterocycles. The molecule has 2 N–H and O–H groups in total. The highest BCUT2D eigenvalue weighted by Gasteiger charge is 2.31. The Morgan fingerprint density at radius 2 is 1.88 bits per heavy atom.